The monoisotopic (exact) mass is 482 g/mol. The Morgan fingerprint density at radius 2 is 1.59 bits per heavy atom. The third kappa shape index (κ3) is 9.50. The lowest BCUT2D eigenvalue weighted by molar-refractivity contribution is 0.0865. The van der Waals surface area contributed by atoms with Gasteiger partial charge in [0.15, 0.2) is 0 Å². The third-order valence-corrected chi connectivity index (χ3v) is 5.69. The first kappa shape index (κ1) is 15.4. The minimum absolute atomic E-state index is 0.0368. The van der Waals surface area contributed by atoms with Crippen molar-refractivity contribution in [1.82, 2.24) is 0 Å². The van der Waals surface area contributed by atoms with Gasteiger partial charge in [0.25, 0.3) is 0 Å². The maximum atomic E-state index is 10.5. The molecule has 0 radical (unpaired) electrons. The highest BCUT2D eigenvalue weighted by atomic mass is 16.3. The molecule has 4 unspecified atom stereocenters. The van der Waals surface area contributed by atoms with Crippen molar-refractivity contribution in [2.24, 2.45) is 0 Å². The summed E-state index contributed by atoms with van der Waals surface area (Å²) in [5.74, 6) is 0. The van der Waals surface area contributed by atoms with Crippen LogP contribution in [-0.2, 0) is 12.7 Å². The topological polar surface area (TPSA) is 80.9 Å². The Balaban J connectivity index is 2.58. The molecule has 2 rings (SSSR count). The lowest BCUT2D eigenvalue weighted by Gasteiger charge is -2.29. The number of aliphatic hydroxyl groups is 4. The van der Waals surface area contributed by atoms with Gasteiger partial charge in [-0.05, 0) is 91.9 Å². The van der Waals surface area contributed by atoms with Gasteiger partial charge in [-0.3, -0.25) is 0 Å². The van der Waals surface area contributed by atoms with Gasteiger partial charge >= 0.3 is 0 Å². The van der Waals surface area contributed by atoms with Crippen molar-refractivity contribution in [1.29, 1.82) is 0 Å². The molecule has 1 aromatic carbocycles. The molecule has 1 aromatic rings. The van der Waals surface area contributed by atoms with Crippen LogP contribution in [0.4, 0.5) is 0 Å². The molecule has 0 spiro atoms. The zero-order chi connectivity index (χ0) is 35.4. The first-order chi connectivity index (χ1) is 20.9. The van der Waals surface area contributed by atoms with Crippen molar-refractivity contribution < 1.29 is 36.9 Å². The van der Waals surface area contributed by atoms with E-state index in [1.807, 2.05) is 0 Å². The summed E-state index contributed by atoms with van der Waals surface area (Å²) in [5, 5.41) is 40.6. The molecule has 4 heteroatoms. The summed E-state index contributed by atoms with van der Waals surface area (Å²) >= 11 is 0. The average Bonchev–Trinajstić information content (AvgIpc) is 2.94. The lowest BCUT2D eigenvalue weighted by atomic mass is 9.81. The summed E-state index contributed by atoms with van der Waals surface area (Å²) in [4.78, 5) is 0. The van der Waals surface area contributed by atoms with E-state index in [-0.39, 0.29) is 68.1 Å². The van der Waals surface area contributed by atoms with E-state index < -0.39 is 63.7 Å². The van der Waals surface area contributed by atoms with Crippen LogP contribution in [0.25, 0.3) is 5.57 Å². The molecular weight excluding hydrogens is 424 g/mol. The zero-order valence-electron chi connectivity index (χ0n) is 31.6. The van der Waals surface area contributed by atoms with E-state index >= 15 is 0 Å². The summed E-state index contributed by atoms with van der Waals surface area (Å²) in [5.41, 5.74) is 1.15. The second-order valence-electron chi connectivity index (χ2n) is 8.62. The zero-order valence-corrected chi connectivity index (χ0v) is 19.6. The fourth-order valence-corrected chi connectivity index (χ4v) is 3.91. The quantitative estimate of drug-likeness (QED) is 0.276. The second-order valence-corrected chi connectivity index (χ2v) is 8.62. The Kier molecular flexibility index (Phi) is 6.63. The Labute approximate surface area is 223 Å². The predicted molar refractivity (Wildman–Crippen MR) is 142 cm³/mol. The molecular formula is C30H46O4. The number of benzene rings is 1. The van der Waals surface area contributed by atoms with Crippen molar-refractivity contribution in [3.63, 3.8) is 0 Å². The Bertz CT molecular complexity index is 1180. The molecule has 0 amide bonds. The van der Waals surface area contributed by atoms with E-state index in [0.29, 0.717) is 16.7 Å². The highest BCUT2D eigenvalue weighted by Crippen LogP contribution is 2.36. The van der Waals surface area contributed by atoms with E-state index in [4.69, 9.17) is 16.4 Å². The van der Waals surface area contributed by atoms with Crippen LogP contribution in [0.1, 0.15) is 111 Å². The summed E-state index contributed by atoms with van der Waals surface area (Å²) < 4.78 is 96.6. The van der Waals surface area contributed by atoms with Gasteiger partial charge in [0, 0.05) is 22.9 Å². The highest BCUT2D eigenvalue weighted by Gasteiger charge is 2.27. The van der Waals surface area contributed by atoms with Crippen LogP contribution in [0.3, 0.4) is 0 Å². The molecule has 1 aliphatic rings. The van der Waals surface area contributed by atoms with Crippen LogP contribution in [0.2, 0.25) is 0 Å². The van der Waals surface area contributed by atoms with Gasteiger partial charge < -0.3 is 20.4 Å². The van der Waals surface area contributed by atoms with Gasteiger partial charge in [0.2, 0.25) is 0 Å². The number of allylic oxidation sites excluding steroid dienone is 2. The Morgan fingerprint density at radius 3 is 2.09 bits per heavy atom. The molecule has 0 saturated heterocycles. The largest absolute Gasteiger partial charge is 0.393 e. The molecule has 0 bridgehead atoms. The van der Waals surface area contributed by atoms with Crippen molar-refractivity contribution >= 4 is 5.57 Å². The third-order valence-electron chi connectivity index (χ3n) is 5.69. The van der Waals surface area contributed by atoms with Crippen LogP contribution < -0.4 is 0 Å². The first-order valence-corrected chi connectivity index (χ1v) is 11.7. The van der Waals surface area contributed by atoms with Crippen LogP contribution >= 0.6 is 0 Å². The minimum atomic E-state index is -2.61. The van der Waals surface area contributed by atoms with Gasteiger partial charge in [-0.15, -0.1) is 0 Å². The molecule has 1 fully saturated rings. The molecule has 190 valence electrons. The molecule has 6 atom stereocenters. The van der Waals surface area contributed by atoms with E-state index in [0.717, 1.165) is 0 Å². The van der Waals surface area contributed by atoms with Crippen molar-refractivity contribution in [3.8, 4) is 0 Å². The van der Waals surface area contributed by atoms with Gasteiger partial charge in [-0.25, -0.2) is 0 Å². The van der Waals surface area contributed by atoms with Gasteiger partial charge in [0.05, 0.1) is 24.4 Å². The van der Waals surface area contributed by atoms with Crippen LogP contribution in [0.15, 0.2) is 48.6 Å². The number of rotatable bonds is 14. The van der Waals surface area contributed by atoms with Crippen LogP contribution in [0, 0.1) is 0 Å². The van der Waals surface area contributed by atoms with Gasteiger partial charge in [-0.1, -0.05) is 63.1 Å². The summed E-state index contributed by atoms with van der Waals surface area (Å²) in [6.45, 7) is 2.56. The fraction of sp³-hybridized carbons (Fsp3) is 0.600. The smallest absolute Gasteiger partial charge is 0.0812 e. The maximum Gasteiger partial charge on any atom is 0.0812 e. The van der Waals surface area contributed by atoms with Crippen molar-refractivity contribution in [2.45, 2.75) is 115 Å². The number of hydrogen-bond acceptors (Lipinski definition) is 4. The molecule has 0 aromatic heterocycles. The molecule has 1 saturated carbocycles. The molecule has 0 heterocycles. The second kappa shape index (κ2) is 14.6. The molecule has 1 aliphatic carbocycles. The molecule has 4 nitrogen and oxygen atoms in total. The average molecular weight is 483 g/mol. The first-order valence-electron chi connectivity index (χ1n) is 17.9. The van der Waals surface area contributed by atoms with E-state index in [1.54, 1.807) is 0 Å². The molecule has 4 N–H and O–H groups in total. The van der Waals surface area contributed by atoms with E-state index in [2.05, 4.69) is 13.2 Å². The highest BCUT2D eigenvalue weighted by molar-refractivity contribution is 5.80. The van der Waals surface area contributed by atoms with E-state index in [9.17, 15) is 20.4 Å². The Hall–Kier alpha value is -1.72. The standard InChI is InChI=1S/C30H46O4/c1-5-28(29-19-27(33)20-30(34)23(29)4)26-17-24(14-10-6-8-12-21(2)31)16-25(18-26)15-11-7-9-13-22(3)32/h5,16-18,21-22,27,30-34H,1,4,6-15,19-20H2,2-3H3/b29-28-/t21?,22?,27-,30+/m1/s1/i2D3,3D3,10D,11D,14D2,15D2/t10?,11?,21?,22?,27-,30+. The fourth-order valence-electron chi connectivity index (χ4n) is 3.91. The number of aliphatic hydroxyl groups excluding tert-OH is 4. The minimum Gasteiger partial charge on any atom is -0.393 e. The summed E-state index contributed by atoms with van der Waals surface area (Å²) in [6, 6.07) is 4.05. The van der Waals surface area contributed by atoms with Gasteiger partial charge in [0.1, 0.15) is 0 Å². The van der Waals surface area contributed by atoms with Crippen molar-refractivity contribution in [2.75, 3.05) is 0 Å². The summed E-state index contributed by atoms with van der Waals surface area (Å²) in [7, 11) is 0. The maximum absolute atomic E-state index is 10.5. The van der Waals surface area contributed by atoms with Crippen molar-refractivity contribution in [3.05, 3.63) is 65.3 Å². The number of aryl methyl sites for hydroxylation is 2. The van der Waals surface area contributed by atoms with Crippen LogP contribution in [0.5, 0.6) is 0 Å². The predicted octanol–water partition coefficient (Wildman–Crippen LogP) is 5.67. The SMILES string of the molecule is [2H]C(CCCC(O)C([2H])([2H])[2H])C([2H])([2H])c1cc(/C(C=C)=C2/C[C@@H](O)C[C@H](O)C2=C)cc(C([2H])([2H])C([2H])CCCC(O)C([2H])([2H])[2H])c1. The number of hydrogen-bond donors (Lipinski definition) is 4. The lowest BCUT2D eigenvalue weighted by Crippen LogP contribution is -2.27. The van der Waals surface area contributed by atoms with Crippen LogP contribution in [-0.4, -0.2) is 44.8 Å². The summed E-state index contributed by atoms with van der Waals surface area (Å²) in [6.07, 6.45) is -11.9. The molecule has 34 heavy (non-hydrogen) atoms. The van der Waals surface area contributed by atoms with Gasteiger partial charge in [-0.2, -0.15) is 0 Å². The molecule has 0 aliphatic heterocycles. The Morgan fingerprint density at radius 1 is 1.03 bits per heavy atom. The van der Waals surface area contributed by atoms with E-state index in [1.165, 1.54) is 24.3 Å². The normalized spacial score (nSPS) is 30.5.